The molecule has 0 unspecified atom stereocenters. The van der Waals surface area contributed by atoms with E-state index < -0.39 is 10.8 Å². The lowest BCUT2D eigenvalue weighted by Crippen LogP contribution is -2.33. The fourth-order valence-electron chi connectivity index (χ4n) is 2.60. The van der Waals surface area contributed by atoms with E-state index in [0.717, 1.165) is 25.9 Å². The number of hydrogen-bond acceptors (Lipinski definition) is 5. The molecule has 7 nitrogen and oxygen atoms in total. The van der Waals surface area contributed by atoms with Crippen molar-refractivity contribution >= 4 is 17.3 Å². The molecule has 0 spiro atoms. The average molecular weight is 307 g/mol. The third-order valence-electron chi connectivity index (χ3n) is 3.96. The second-order valence-electron chi connectivity index (χ2n) is 5.61. The quantitative estimate of drug-likeness (QED) is 0.635. The Kier molecular flexibility index (Phi) is 5.32. The van der Waals surface area contributed by atoms with E-state index in [9.17, 15) is 14.9 Å². The lowest BCUT2D eigenvalue weighted by Gasteiger charge is -2.31. The smallest absolute Gasteiger partial charge is 0.293 e. The predicted octanol–water partition coefficient (Wildman–Crippen LogP) is 1.55. The number of rotatable bonds is 5. The van der Waals surface area contributed by atoms with E-state index in [1.165, 1.54) is 6.07 Å². The van der Waals surface area contributed by atoms with Crippen LogP contribution in [-0.4, -0.2) is 42.2 Å². The fraction of sp³-hybridized carbons (Fsp3) is 0.533. The van der Waals surface area contributed by atoms with E-state index >= 15 is 0 Å². The fourth-order valence-corrected chi connectivity index (χ4v) is 2.60. The molecule has 0 bridgehead atoms. The molecule has 22 heavy (non-hydrogen) atoms. The van der Waals surface area contributed by atoms with Crippen molar-refractivity contribution in [2.24, 2.45) is 5.92 Å². The highest BCUT2D eigenvalue weighted by atomic mass is 16.6. The van der Waals surface area contributed by atoms with Crippen LogP contribution in [0.4, 0.5) is 11.4 Å². The van der Waals surface area contributed by atoms with Gasteiger partial charge in [0.05, 0.1) is 11.5 Å². The number of nitro groups is 1. The molecule has 7 heteroatoms. The molecule has 0 saturated carbocycles. The Hall–Kier alpha value is -2.15. The molecule has 1 aromatic rings. The first-order valence-electron chi connectivity index (χ1n) is 7.45. The number of hydrogen-bond donors (Lipinski definition) is 2. The molecule has 1 heterocycles. The zero-order chi connectivity index (χ0) is 16.1. The topological polar surface area (TPSA) is 95.7 Å². The molecule has 0 aliphatic carbocycles. The van der Waals surface area contributed by atoms with Crippen molar-refractivity contribution in [3.8, 4) is 0 Å². The summed E-state index contributed by atoms with van der Waals surface area (Å²) in [5.74, 6) is 0.217. The van der Waals surface area contributed by atoms with Crippen LogP contribution < -0.4 is 10.2 Å². The second-order valence-corrected chi connectivity index (χ2v) is 5.61. The SMILES string of the molecule is CC1CCN(c2ccc(C(=O)NCCO)cc2[N+](=O)[O-])CC1. The van der Waals surface area contributed by atoms with Gasteiger partial charge < -0.3 is 15.3 Å². The lowest BCUT2D eigenvalue weighted by atomic mass is 9.98. The predicted molar refractivity (Wildman–Crippen MR) is 83.1 cm³/mol. The Bertz CT molecular complexity index is 554. The number of carbonyl (C=O) groups excluding carboxylic acids is 1. The van der Waals surface area contributed by atoms with Crippen LogP contribution in [0.2, 0.25) is 0 Å². The van der Waals surface area contributed by atoms with Crippen molar-refractivity contribution in [3.05, 3.63) is 33.9 Å². The van der Waals surface area contributed by atoms with Gasteiger partial charge in [-0.1, -0.05) is 6.92 Å². The number of piperidine rings is 1. The Balaban J connectivity index is 2.24. The molecule has 1 aromatic carbocycles. The summed E-state index contributed by atoms with van der Waals surface area (Å²) < 4.78 is 0. The minimum absolute atomic E-state index is 0.0498. The van der Waals surface area contributed by atoms with Crippen molar-refractivity contribution in [1.29, 1.82) is 0 Å². The Labute approximate surface area is 129 Å². The molecule has 1 aliphatic rings. The molecule has 2 N–H and O–H groups in total. The van der Waals surface area contributed by atoms with Crippen molar-refractivity contribution < 1.29 is 14.8 Å². The maximum Gasteiger partial charge on any atom is 0.293 e. The number of amides is 1. The van der Waals surface area contributed by atoms with Gasteiger partial charge in [0.1, 0.15) is 5.69 Å². The van der Waals surface area contributed by atoms with Crippen molar-refractivity contribution in [2.75, 3.05) is 31.1 Å². The summed E-state index contributed by atoms with van der Waals surface area (Å²) in [6.07, 6.45) is 2.02. The van der Waals surface area contributed by atoms with Crippen molar-refractivity contribution in [2.45, 2.75) is 19.8 Å². The van der Waals surface area contributed by atoms with E-state index in [1.807, 2.05) is 4.90 Å². The Morgan fingerprint density at radius 2 is 2.14 bits per heavy atom. The Morgan fingerprint density at radius 3 is 2.73 bits per heavy atom. The number of carbonyl (C=O) groups is 1. The van der Waals surface area contributed by atoms with Gasteiger partial charge in [-0.25, -0.2) is 0 Å². The highest BCUT2D eigenvalue weighted by Crippen LogP contribution is 2.32. The number of nitrogens with one attached hydrogen (secondary N) is 1. The second kappa shape index (κ2) is 7.22. The van der Waals surface area contributed by atoms with Gasteiger partial charge in [-0.2, -0.15) is 0 Å². The number of benzene rings is 1. The molecule has 2 rings (SSSR count). The summed E-state index contributed by atoms with van der Waals surface area (Å²) in [5.41, 5.74) is 0.746. The molecule has 0 radical (unpaired) electrons. The number of aliphatic hydroxyl groups excluding tert-OH is 1. The summed E-state index contributed by atoms with van der Waals surface area (Å²) in [4.78, 5) is 24.7. The average Bonchev–Trinajstić information content (AvgIpc) is 2.52. The molecular weight excluding hydrogens is 286 g/mol. The minimum Gasteiger partial charge on any atom is -0.395 e. The first kappa shape index (κ1) is 16.2. The van der Waals surface area contributed by atoms with Crippen LogP contribution in [0.5, 0.6) is 0 Å². The van der Waals surface area contributed by atoms with E-state index in [2.05, 4.69) is 12.2 Å². The van der Waals surface area contributed by atoms with Crippen molar-refractivity contribution in [1.82, 2.24) is 5.32 Å². The van der Waals surface area contributed by atoms with E-state index in [1.54, 1.807) is 12.1 Å². The van der Waals surface area contributed by atoms with Gasteiger partial charge in [-0.05, 0) is 30.9 Å². The minimum atomic E-state index is -0.448. The summed E-state index contributed by atoms with van der Waals surface area (Å²) >= 11 is 0. The van der Waals surface area contributed by atoms with Crippen LogP contribution in [0, 0.1) is 16.0 Å². The number of aliphatic hydroxyl groups is 1. The first-order chi connectivity index (χ1) is 10.5. The summed E-state index contributed by atoms with van der Waals surface area (Å²) in [7, 11) is 0. The van der Waals surface area contributed by atoms with Gasteiger partial charge in [-0.3, -0.25) is 14.9 Å². The van der Waals surface area contributed by atoms with Crippen LogP contribution >= 0.6 is 0 Å². The van der Waals surface area contributed by atoms with E-state index in [4.69, 9.17) is 5.11 Å². The molecule has 1 amide bonds. The van der Waals surface area contributed by atoms with Gasteiger partial charge >= 0.3 is 0 Å². The number of nitro benzene ring substituents is 1. The monoisotopic (exact) mass is 307 g/mol. The number of nitrogens with zero attached hydrogens (tertiary/aromatic N) is 2. The van der Waals surface area contributed by atoms with Crippen molar-refractivity contribution in [3.63, 3.8) is 0 Å². The maximum absolute atomic E-state index is 11.9. The zero-order valence-corrected chi connectivity index (χ0v) is 12.6. The summed E-state index contributed by atoms with van der Waals surface area (Å²) in [6, 6.07) is 4.54. The molecule has 1 aliphatic heterocycles. The van der Waals surface area contributed by atoms with Gasteiger partial charge in [0, 0.05) is 31.3 Å². The molecule has 0 atom stereocenters. The van der Waals surface area contributed by atoms with Gasteiger partial charge in [0.2, 0.25) is 0 Å². The normalized spacial score (nSPS) is 15.6. The van der Waals surface area contributed by atoms with Crippen LogP contribution in [-0.2, 0) is 0 Å². The van der Waals surface area contributed by atoms with Crippen LogP contribution in [0.3, 0.4) is 0 Å². The van der Waals surface area contributed by atoms with Crippen LogP contribution in [0.15, 0.2) is 18.2 Å². The maximum atomic E-state index is 11.9. The van der Waals surface area contributed by atoms with Gasteiger partial charge in [0.25, 0.3) is 11.6 Å². The molecule has 120 valence electrons. The van der Waals surface area contributed by atoms with Crippen LogP contribution in [0.25, 0.3) is 0 Å². The Morgan fingerprint density at radius 1 is 1.45 bits per heavy atom. The van der Waals surface area contributed by atoms with E-state index in [-0.39, 0.29) is 24.4 Å². The molecule has 0 aromatic heterocycles. The number of anilines is 1. The van der Waals surface area contributed by atoms with Crippen LogP contribution in [0.1, 0.15) is 30.1 Å². The third kappa shape index (κ3) is 3.73. The van der Waals surface area contributed by atoms with E-state index in [0.29, 0.717) is 11.6 Å². The summed E-state index contributed by atoms with van der Waals surface area (Å²) in [5, 5.41) is 22.5. The standard InChI is InChI=1S/C15H21N3O4/c1-11-4-7-17(8-5-11)13-3-2-12(10-14(13)18(21)22)15(20)16-6-9-19/h2-3,10-11,19H,4-9H2,1H3,(H,16,20). The molecule has 1 saturated heterocycles. The zero-order valence-electron chi connectivity index (χ0n) is 12.6. The van der Waals surface area contributed by atoms with Gasteiger partial charge in [-0.15, -0.1) is 0 Å². The summed E-state index contributed by atoms with van der Waals surface area (Å²) in [6.45, 7) is 3.72. The lowest BCUT2D eigenvalue weighted by molar-refractivity contribution is -0.384. The highest BCUT2D eigenvalue weighted by molar-refractivity contribution is 5.95. The first-order valence-corrected chi connectivity index (χ1v) is 7.45. The van der Waals surface area contributed by atoms with Gasteiger partial charge in [0.15, 0.2) is 0 Å². The molecular formula is C15H21N3O4. The largest absolute Gasteiger partial charge is 0.395 e. The highest BCUT2D eigenvalue weighted by Gasteiger charge is 2.24. The molecule has 1 fully saturated rings. The third-order valence-corrected chi connectivity index (χ3v) is 3.96.